The maximum atomic E-state index is 11.6. The minimum absolute atomic E-state index is 0.259. The number of esters is 1. The molecule has 100 valence electrons. The SMILES string of the molecule is C=CC(=O)OC(C)(C)C12CCCC1C1CCC2C1. The van der Waals surface area contributed by atoms with Crippen LogP contribution in [0.3, 0.4) is 0 Å². The molecule has 18 heavy (non-hydrogen) atoms. The van der Waals surface area contributed by atoms with Gasteiger partial charge in [-0.2, -0.15) is 0 Å². The molecule has 0 aromatic heterocycles. The number of ether oxygens (including phenoxy) is 1. The predicted octanol–water partition coefficient (Wildman–Crippen LogP) is 3.71. The molecular formula is C16H24O2. The quantitative estimate of drug-likeness (QED) is 0.562. The fourth-order valence-corrected chi connectivity index (χ4v) is 5.70. The molecule has 0 aromatic carbocycles. The molecule has 0 aliphatic heterocycles. The van der Waals surface area contributed by atoms with Gasteiger partial charge in [0.2, 0.25) is 0 Å². The minimum Gasteiger partial charge on any atom is -0.456 e. The van der Waals surface area contributed by atoms with Gasteiger partial charge in [0.25, 0.3) is 0 Å². The first-order valence-corrected chi connectivity index (χ1v) is 7.36. The van der Waals surface area contributed by atoms with Crippen molar-refractivity contribution in [1.29, 1.82) is 0 Å². The summed E-state index contributed by atoms with van der Waals surface area (Å²) in [6, 6.07) is 0. The van der Waals surface area contributed by atoms with Crippen molar-refractivity contribution >= 4 is 5.97 Å². The van der Waals surface area contributed by atoms with Crippen molar-refractivity contribution < 1.29 is 9.53 Å². The van der Waals surface area contributed by atoms with Crippen LogP contribution < -0.4 is 0 Å². The van der Waals surface area contributed by atoms with E-state index in [4.69, 9.17) is 4.74 Å². The summed E-state index contributed by atoms with van der Waals surface area (Å²) in [4.78, 5) is 11.6. The molecule has 0 N–H and O–H groups in total. The third-order valence-electron chi connectivity index (χ3n) is 6.18. The Bertz CT molecular complexity index is 385. The molecule has 0 saturated heterocycles. The summed E-state index contributed by atoms with van der Waals surface area (Å²) in [5.74, 6) is 2.22. The lowest BCUT2D eigenvalue weighted by atomic mass is 9.59. The molecule has 0 heterocycles. The monoisotopic (exact) mass is 248 g/mol. The summed E-state index contributed by atoms with van der Waals surface area (Å²) in [6.45, 7) is 7.79. The molecule has 2 bridgehead atoms. The second-order valence-electron chi connectivity index (χ2n) is 6.94. The molecule has 2 heteroatoms. The van der Waals surface area contributed by atoms with Crippen molar-refractivity contribution in [3.8, 4) is 0 Å². The summed E-state index contributed by atoms with van der Waals surface area (Å²) in [5, 5.41) is 0. The van der Waals surface area contributed by atoms with Gasteiger partial charge in [-0.25, -0.2) is 4.79 Å². The van der Waals surface area contributed by atoms with E-state index in [9.17, 15) is 4.79 Å². The van der Waals surface area contributed by atoms with Crippen LogP contribution in [0.4, 0.5) is 0 Å². The molecule has 0 amide bonds. The van der Waals surface area contributed by atoms with Crippen LogP contribution in [-0.4, -0.2) is 11.6 Å². The second kappa shape index (κ2) is 3.85. The number of rotatable bonds is 3. The van der Waals surface area contributed by atoms with E-state index in [0.29, 0.717) is 0 Å². The third-order valence-corrected chi connectivity index (χ3v) is 6.18. The zero-order valence-electron chi connectivity index (χ0n) is 11.6. The van der Waals surface area contributed by atoms with E-state index in [1.165, 1.54) is 44.6 Å². The van der Waals surface area contributed by atoms with Gasteiger partial charge in [0, 0.05) is 11.5 Å². The normalized spacial score (nSPS) is 41.8. The average Bonchev–Trinajstić information content (AvgIpc) is 3.00. The molecule has 4 atom stereocenters. The molecule has 0 radical (unpaired) electrons. The Hall–Kier alpha value is -0.790. The van der Waals surface area contributed by atoms with Crippen molar-refractivity contribution in [2.75, 3.05) is 0 Å². The van der Waals surface area contributed by atoms with Crippen LogP contribution >= 0.6 is 0 Å². The largest absolute Gasteiger partial charge is 0.456 e. The van der Waals surface area contributed by atoms with Gasteiger partial charge in [-0.1, -0.05) is 13.0 Å². The highest BCUT2D eigenvalue weighted by Gasteiger charge is 2.66. The van der Waals surface area contributed by atoms with Crippen molar-refractivity contribution in [2.45, 2.75) is 58.0 Å². The van der Waals surface area contributed by atoms with Gasteiger partial charge >= 0.3 is 5.97 Å². The first-order chi connectivity index (χ1) is 8.51. The van der Waals surface area contributed by atoms with E-state index in [0.717, 1.165) is 17.8 Å². The summed E-state index contributed by atoms with van der Waals surface area (Å²) in [5.41, 5.74) is -0.0755. The second-order valence-corrected chi connectivity index (χ2v) is 6.94. The molecule has 3 rings (SSSR count). The zero-order chi connectivity index (χ0) is 13.0. The van der Waals surface area contributed by atoms with Crippen molar-refractivity contribution in [2.24, 2.45) is 23.2 Å². The zero-order valence-corrected chi connectivity index (χ0v) is 11.6. The van der Waals surface area contributed by atoms with E-state index in [1.807, 2.05) is 0 Å². The molecule has 0 aromatic rings. The van der Waals surface area contributed by atoms with Crippen molar-refractivity contribution in [3.63, 3.8) is 0 Å². The van der Waals surface area contributed by atoms with Crippen LogP contribution in [0, 0.1) is 23.2 Å². The Labute approximate surface area is 110 Å². The molecule has 3 fully saturated rings. The maximum absolute atomic E-state index is 11.6. The van der Waals surface area contributed by atoms with Crippen molar-refractivity contribution in [1.82, 2.24) is 0 Å². The highest BCUT2D eigenvalue weighted by Crippen LogP contribution is 2.70. The van der Waals surface area contributed by atoms with Gasteiger partial charge in [0.15, 0.2) is 0 Å². The van der Waals surface area contributed by atoms with Gasteiger partial charge in [0.05, 0.1) is 0 Å². The molecule has 3 aliphatic carbocycles. The van der Waals surface area contributed by atoms with E-state index in [2.05, 4.69) is 20.4 Å². The van der Waals surface area contributed by atoms with Gasteiger partial charge in [-0.05, 0) is 63.7 Å². The fraction of sp³-hybridized carbons (Fsp3) is 0.812. The van der Waals surface area contributed by atoms with Crippen molar-refractivity contribution in [3.05, 3.63) is 12.7 Å². The minimum atomic E-state index is -0.334. The van der Waals surface area contributed by atoms with Crippen LogP contribution in [-0.2, 0) is 9.53 Å². The fourth-order valence-electron chi connectivity index (χ4n) is 5.70. The Morgan fingerprint density at radius 2 is 2.17 bits per heavy atom. The number of hydrogen-bond donors (Lipinski definition) is 0. The van der Waals surface area contributed by atoms with Crippen LogP contribution in [0.2, 0.25) is 0 Å². The molecule has 4 unspecified atom stereocenters. The van der Waals surface area contributed by atoms with Gasteiger partial charge in [-0.3, -0.25) is 0 Å². The Morgan fingerprint density at radius 1 is 1.39 bits per heavy atom. The number of carbonyl (C=O) groups is 1. The molecule has 3 saturated carbocycles. The molecule has 2 nitrogen and oxygen atoms in total. The maximum Gasteiger partial charge on any atom is 0.330 e. The lowest BCUT2D eigenvalue weighted by Gasteiger charge is -2.50. The first kappa shape index (κ1) is 12.3. The predicted molar refractivity (Wildman–Crippen MR) is 71.0 cm³/mol. The van der Waals surface area contributed by atoms with E-state index < -0.39 is 0 Å². The summed E-state index contributed by atoms with van der Waals surface area (Å²) < 4.78 is 5.77. The summed E-state index contributed by atoms with van der Waals surface area (Å²) in [6.07, 6.45) is 9.33. The Kier molecular flexibility index (Phi) is 2.62. The number of hydrogen-bond acceptors (Lipinski definition) is 2. The number of fused-ring (bicyclic) bond motifs is 5. The van der Waals surface area contributed by atoms with E-state index >= 15 is 0 Å². The van der Waals surface area contributed by atoms with Crippen LogP contribution in [0.5, 0.6) is 0 Å². The third kappa shape index (κ3) is 1.38. The van der Waals surface area contributed by atoms with Crippen LogP contribution in [0.25, 0.3) is 0 Å². The highest BCUT2D eigenvalue weighted by molar-refractivity contribution is 5.81. The number of carbonyl (C=O) groups excluding carboxylic acids is 1. The Morgan fingerprint density at radius 3 is 2.89 bits per heavy atom. The molecule has 0 spiro atoms. The summed E-state index contributed by atoms with van der Waals surface area (Å²) >= 11 is 0. The van der Waals surface area contributed by atoms with Crippen LogP contribution in [0.1, 0.15) is 52.4 Å². The standard InChI is InChI=1S/C16H24O2/c1-4-14(17)18-15(2,3)16-9-5-6-13(16)11-7-8-12(16)10-11/h4,11-13H,1,5-10H2,2-3H3. The van der Waals surface area contributed by atoms with Gasteiger partial charge in [0.1, 0.15) is 5.60 Å². The van der Waals surface area contributed by atoms with E-state index in [-0.39, 0.29) is 17.0 Å². The van der Waals surface area contributed by atoms with E-state index in [1.54, 1.807) is 0 Å². The topological polar surface area (TPSA) is 26.3 Å². The smallest absolute Gasteiger partial charge is 0.330 e. The van der Waals surface area contributed by atoms with Gasteiger partial charge < -0.3 is 4.74 Å². The summed E-state index contributed by atoms with van der Waals surface area (Å²) in [7, 11) is 0. The lowest BCUT2D eigenvalue weighted by Crippen LogP contribution is -2.52. The Balaban J connectivity index is 1.93. The lowest BCUT2D eigenvalue weighted by molar-refractivity contribution is -0.176. The van der Waals surface area contributed by atoms with Crippen LogP contribution in [0.15, 0.2) is 12.7 Å². The first-order valence-electron chi connectivity index (χ1n) is 7.36. The van der Waals surface area contributed by atoms with Gasteiger partial charge in [-0.15, -0.1) is 0 Å². The molecule has 3 aliphatic rings. The average molecular weight is 248 g/mol. The highest BCUT2D eigenvalue weighted by atomic mass is 16.6. The molecular weight excluding hydrogens is 224 g/mol.